The third-order valence-electron chi connectivity index (χ3n) is 3.25. The molecule has 1 heterocycles. The second-order valence-corrected chi connectivity index (χ2v) is 5.14. The number of benzene rings is 1. The highest BCUT2D eigenvalue weighted by atomic mass is 19.4. The van der Waals surface area contributed by atoms with Crippen LogP contribution in [0, 0.1) is 0 Å². The molecule has 0 aliphatic carbocycles. The zero-order valence-corrected chi connectivity index (χ0v) is 13.5. The molecule has 2 aromatic rings. The normalized spacial score (nSPS) is 11.2. The summed E-state index contributed by atoms with van der Waals surface area (Å²) in [5, 5.41) is 2.66. The molecule has 25 heavy (non-hydrogen) atoms. The largest absolute Gasteiger partial charge is 0.467 e. The van der Waals surface area contributed by atoms with Gasteiger partial charge >= 0.3 is 6.18 Å². The molecule has 1 amide bonds. The van der Waals surface area contributed by atoms with Crippen molar-refractivity contribution in [2.45, 2.75) is 19.3 Å². The molecule has 0 aliphatic heterocycles. The van der Waals surface area contributed by atoms with E-state index in [4.69, 9.17) is 4.74 Å². The van der Waals surface area contributed by atoms with Gasteiger partial charge in [0.05, 0.1) is 6.61 Å². The van der Waals surface area contributed by atoms with E-state index in [1.807, 2.05) is 24.3 Å². The molecule has 0 saturated heterocycles. The highest BCUT2D eigenvalue weighted by Crippen LogP contribution is 2.20. The number of pyridine rings is 1. The van der Waals surface area contributed by atoms with E-state index < -0.39 is 18.7 Å². The minimum Gasteiger partial charge on any atom is -0.467 e. The average molecular weight is 354 g/mol. The molecular weight excluding hydrogens is 337 g/mol. The van der Waals surface area contributed by atoms with Gasteiger partial charge in [-0.15, -0.1) is 0 Å². The quantitative estimate of drug-likeness (QED) is 0.830. The standard InChI is InChI=1S/C17H17F3N2O3/c1-24-10-13-6-3-2-5-12(13)9-22-15(23)14-7-4-8-21-16(14)25-11-17(18,19)20/h2-8H,9-11H2,1H3,(H,22,23). The van der Waals surface area contributed by atoms with Crippen LogP contribution in [0.25, 0.3) is 0 Å². The average Bonchev–Trinajstić information content (AvgIpc) is 2.59. The third-order valence-corrected chi connectivity index (χ3v) is 3.25. The molecule has 0 atom stereocenters. The molecule has 0 bridgehead atoms. The van der Waals surface area contributed by atoms with E-state index in [2.05, 4.69) is 15.0 Å². The maximum absolute atomic E-state index is 12.3. The number of alkyl halides is 3. The second kappa shape index (κ2) is 8.48. The summed E-state index contributed by atoms with van der Waals surface area (Å²) in [4.78, 5) is 16.0. The Bertz CT molecular complexity index is 720. The molecule has 0 saturated carbocycles. The maximum atomic E-state index is 12.3. The van der Waals surface area contributed by atoms with Crippen molar-refractivity contribution in [1.29, 1.82) is 0 Å². The Morgan fingerprint density at radius 2 is 1.88 bits per heavy atom. The Kier molecular flexibility index (Phi) is 6.35. The van der Waals surface area contributed by atoms with Crippen LogP contribution in [0.15, 0.2) is 42.6 Å². The number of ether oxygens (including phenoxy) is 2. The molecule has 0 fully saturated rings. The van der Waals surface area contributed by atoms with Gasteiger partial charge in [0.1, 0.15) is 5.56 Å². The summed E-state index contributed by atoms with van der Waals surface area (Å²) in [6.07, 6.45) is -3.25. The summed E-state index contributed by atoms with van der Waals surface area (Å²) >= 11 is 0. The molecule has 0 radical (unpaired) electrons. The molecular formula is C17H17F3N2O3. The van der Waals surface area contributed by atoms with E-state index in [1.54, 1.807) is 7.11 Å². The van der Waals surface area contributed by atoms with Crippen LogP contribution < -0.4 is 10.1 Å². The molecule has 5 nitrogen and oxygen atoms in total. The van der Waals surface area contributed by atoms with Crippen LogP contribution in [0.1, 0.15) is 21.5 Å². The summed E-state index contributed by atoms with van der Waals surface area (Å²) < 4.78 is 46.6. The first-order chi connectivity index (χ1) is 11.9. The lowest BCUT2D eigenvalue weighted by Gasteiger charge is -2.13. The van der Waals surface area contributed by atoms with E-state index >= 15 is 0 Å². The van der Waals surface area contributed by atoms with Gasteiger partial charge in [-0.3, -0.25) is 4.79 Å². The Labute approximate surface area is 142 Å². The number of nitrogens with one attached hydrogen (secondary N) is 1. The van der Waals surface area contributed by atoms with Gasteiger partial charge in [0.15, 0.2) is 6.61 Å². The lowest BCUT2D eigenvalue weighted by molar-refractivity contribution is -0.154. The molecule has 1 N–H and O–H groups in total. The molecule has 1 aromatic carbocycles. The fourth-order valence-electron chi connectivity index (χ4n) is 2.13. The number of halogens is 3. The van der Waals surface area contributed by atoms with Gasteiger partial charge in [-0.1, -0.05) is 24.3 Å². The summed E-state index contributed by atoms with van der Waals surface area (Å²) in [5.74, 6) is -0.931. The number of hydrogen-bond acceptors (Lipinski definition) is 4. The summed E-state index contributed by atoms with van der Waals surface area (Å²) in [6.45, 7) is -0.925. The predicted octanol–water partition coefficient (Wildman–Crippen LogP) is 3.10. The number of carbonyl (C=O) groups is 1. The first-order valence-electron chi connectivity index (χ1n) is 7.39. The van der Waals surface area contributed by atoms with Crippen molar-refractivity contribution in [2.75, 3.05) is 13.7 Å². The summed E-state index contributed by atoms with van der Waals surface area (Å²) in [6, 6.07) is 10.2. The zero-order valence-electron chi connectivity index (χ0n) is 13.5. The third kappa shape index (κ3) is 5.75. The Hall–Kier alpha value is -2.61. The number of amides is 1. The first-order valence-corrected chi connectivity index (χ1v) is 7.39. The van der Waals surface area contributed by atoms with Crippen molar-refractivity contribution in [3.05, 3.63) is 59.3 Å². The van der Waals surface area contributed by atoms with E-state index in [0.717, 1.165) is 11.1 Å². The number of nitrogens with zero attached hydrogens (tertiary/aromatic N) is 1. The highest BCUT2D eigenvalue weighted by Gasteiger charge is 2.29. The predicted molar refractivity (Wildman–Crippen MR) is 84.1 cm³/mol. The fraction of sp³-hybridized carbons (Fsp3) is 0.294. The lowest BCUT2D eigenvalue weighted by Crippen LogP contribution is -2.26. The van der Waals surface area contributed by atoms with Crippen LogP contribution in [0.2, 0.25) is 0 Å². The number of rotatable bonds is 7. The molecule has 1 aromatic heterocycles. The van der Waals surface area contributed by atoms with Gasteiger partial charge in [-0.2, -0.15) is 13.2 Å². The minimum absolute atomic E-state index is 0.0593. The SMILES string of the molecule is COCc1ccccc1CNC(=O)c1cccnc1OCC(F)(F)F. The van der Waals surface area contributed by atoms with Gasteiger partial charge in [-0.25, -0.2) is 4.98 Å². The molecule has 0 unspecified atom stereocenters. The van der Waals surface area contributed by atoms with E-state index in [9.17, 15) is 18.0 Å². The molecule has 8 heteroatoms. The first kappa shape index (κ1) is 18.7. The van der Waals surface area contributed by atoms with Gasteiger partial charge < -0.3 is 14.8 Å². The number of hydrogen-bond donors (Lipinski definition) is 1. The van der Waals surface area contributed by atoms with Gasteiger partial charge in [-0.05, 0) is 23.3 Å². The van der Waals surface area contributed by atoms with Crippen LogP contribution in [0.3, 0.4) is 0 Å². The fourth-order valence-corrected chi connectivity index (χ4v) is 2.13. The monoisotopic (exact) mass is 354 g/mol. The van der Waals surface area contributed by atoms with Gasteiger partial charge in [0.2, 0.25) is 5.88 Å². The van der Waals surface area contributed by atoms with Crippen LogP contribution in [-0.4, -0.2) is 30.8 Å². The minimum atomic E-state index is -4.51. The van der Waals surface area contributed by atoms with Crippen LogP contribution >= 0.6 is 0 Å². The number of carbonyl (C=O) groups excluding carboxylic acids is 1. The Morgan fingerprint density at radius 1 is 1.16 bits per heavy atom. The van der Waals surface area contributed by atoms with Crippen molar-refractivity contribution in [1.82, 2.24) is 10.3 Å². The zero-order chi connectivity index (χ0) is 18.3. The highest BCUT2D eigenvalue weighted by molar-refractivity contribution is 5.96. The summed E-state index contributed by atoms with van der Waals surface area (Å²) in [7, 11) is 1.56. The Morgan fingerprint density at radius 3 is 2.56 bits per heavy atom. The smallest absolute Gasteiger partial charge is 0.422 e. The number of aromatic nitrogens is 1. The second-order valence-electron chi connectivity index (χ2n) is 5.14. The maximum Gasteiger partial charge on any atom is 0.422 e. The van der Waals surface area contributed by atoms with Crippen LogP contribution in [0.4, 0.5) is 13.2 Å². The van der Waals surface area contributed by atoms with Crippen molar-refractivity contribution in [3.63, 3.8) is 0 Å². The Balaban J connectivity index is 2.06. The van der Waals surface area contributed by atoms with Gasteiger partial charge in [0.25, 0.3) is 5.91 Å². The molecule has 134 valence electrons. The van der Waals surface area contributed by atoms with Crippen LogP contribution in [-0.2, 0) is 17.9 Å². The van der Waals surface area contributed by atoms with E-state index in [-0.39, 0.29) is 18.0 Å². The van der Waals surface area contributed by atoms with Crippen molar-refractivity contribution in [3.8, 4) is 5.88 Å². The van der Waals surface area contributed by atoms with Crippen LogP contribution in [0.5, 0.6) is 5.88 Å². The van der Waals surface area contributed by atoms with E-state index in [1.165, 1.54) is 18.3 Å². The molecule has 0 aliphatic rings. The van der Waals surface area contributed by atoms with Gasteiger partial charge in [0, 0.05) is 19.9 Å². The molecule has 2 rings (SSSR count). The van der Waals surface area contributed by atoms with Crippen molar-refractivity contribution >= 4 is 5.91 Å². The van der Waals surface area contributed by atoms with Crippen molar-refractivity contribution < 1.29 is 27.4 Å². The summed E-state index contributed by atoms with van der Waals surface area (Å²) in [5.41, 5.74) is 1.69. The van der Waals surface area contributed by atoms with E-state index in [0.29, 0.717) is 6.61 Å². The number of methoxy groups -OCH3 is 1. The van der Waals surface area contributed by atoms with Crippen molar-refractivity contribution in [2.24, 2.45) is 0 Å². The molecule has 0 spiro atoms. The lowest BCUT2D eigenvalue weighted by atomic mass is 10.1. The topological polar surface area (TPSA) is 60.5 Å².